The first kappa shape index (κ1) is 23.6. The monoisotopic (exact) mass is 514 g/mol. The van der Waals surface area contributed by atoms with E-state index in [4.69, 9.17) is 15.2 Å². The Kier molecular flexibility index (Phi) is 5.51. The van der Waals surface area contributed by atoms with Crippen molar-refractivity contribution in [2.24, 2.45) is 0 Å². The van der Waals surface area contributed by atoms with Crippen LogP contribution in [0.1, 0.15) is 18.4 Å². The number of rotatable bonds is 4. The number of likely N-dealkylation sites (tertiary alicyclic amines) is 1. The zero-order valence-electron chi connectivity index (χ0n) is 20.0. The normalized spacial score (nSPS) is 22.2. The van der Waals surface area contributed by atoms with Crippen molar-refractivity contribution in [1.29, 1.82) is 0 Å². The average Bonchev–Trinajstić information content (AvgIpc) is 2.82. The van der Waals surface area contributed by atoms with Gasteiger partial charge in [0.2, 0.25) is 5.88 Å². The highest BCUT2D eigenvalue weighted by atomic mass is 19.3. The Morgan fingerprint density at radius 3 is 2.78 bits per heavy atom. The minimum atomic E-state index is -2.61. The summed E-state index contributed by atoms with van der Waals surface area (Å²) in [4.78, 5) is 22.6. The highest BCUT2D eigenvalue weighted by Crippen LogP contribution is 2.40. The van der Waals surface area contributed by atoms with Crippen molar-refractivity contribution >= 4 is 34.1 Å². The molecule has 37 heavy (non-hydrogen) atoms. The van der Waals surface area contributed by atoms with Crippen LogP contribution >= 0.6 is 0 Å². The molecule has 0 atom stereocenters. The average molecular weight is 515 g/mol. The molecule has 9 nitrogen and oxygen atoms in total. The summed E-state index contributed by atoms with van der Waals surface area (Å²) in [7, 11) is 0. The number of anilines is 3. The number of amides is 1. The van der Waals surface area contributed by atoms with E-state index in [1.807, 2.05) is 6.92 Å². The summed E-state index contributed by atoms with van der Waals surface area (Å²) in [5, 5.41) is 6.80. The van der Waals surface area contributed by atoms with Crippen LogP contribution in [0.4, 0.5) is 35.2 Å². The van der Waals surface area contributed by atoms with E-state index in [1.54, 1.807) is 23.2 Å². The van der Waals surface area contributed by atoms with Crippen LogP contribution in [0.25, 0.3) is 21.9 Å². The van der Waals surface area contributed by atoms with Gasteiger partial charge in [-0.1, -0.05) is 0 Å². The molecule has 3 aliphatic rings. The Balaban J connectivity index is 1.19. The van der Waals surface area contributed by atoms with Crippen LogP contribution in [0.5, 0.6) is 5.88 Å². The second kappa shape index (κ2) is 8.65. The first-order valence-corrected chi connectivity index (χ1v) is 12.0. The van der Waals surface area contributed by atoms with Crippen molar-refractivity contribution in [3.63, 3.8) is 0 Å². The summed E-state index contributed by atoms with van der Waals surface area (Å²) < 4.78 is 52.4. The molecule has 1 aliphatic carbocycles. The van der Waals surface area contributed by atoms with Gasteiger partial charge in [-0.25, -0.2) is 27.9 Å². The minimum absolute atomic E-state index is 0.0100. The van der Waals surface area contributed by atoms with Gasteiger partial charge in [0, 0.05) is 54.3 Å². The van der Waals surface area contributed by atoms with Crippen molar-refractivity contribution in [3.05, 3.63) is 35.9 Å². The number of benzene rings is 1. The number of fused-ring (bicyclic) bond motifs is 2. The molecule has 4 N–H and O–H groups in total. The predicted octanol–water partition coefficient (Wildman–Crippen LogP) is 4.16. The largest absolute Gasteiger partial charge is 0.474 e. The fourth-order valence-electron chi connectivity index (χ4n) is 5.08. The molecular formula is C25H25F3N6O3. The second-order valence-corrected chi connectivity index (χ2v) is 9.73. The third-order valence-electron chi connectivity index (χ3n) is 7.19. The standard InChI is InChI=1S/C25H25F3N6O3/c1-12-17(8-32-23-22(12)30-2-3-36-23)16-4-13-5-19(31-9-18(13)21(29)20(16)26)33-24(35)37-15-6-14(7-15)34-10-25(27,28)11-34/h4-5,8-9,14-15,30H,2-3,6-7,10-11,29H2,1H3,(H,31,33,35)/t14-,15+. The zero-order valence-corrected chi connectivity index (χ0v) is 20.0. The van der Waals surface area contributed by atoms with E-state index in [1.165, 1.54) is 6.20 Å². The molecule has 0 bridgehead atoms. The number of nitrogens with zero attached hydrogens (tertiary/aromatic N) is 3. The molecule has 2 aromatic heterocycles. The quantitative estimate of drug-likeness (QED) is 0.445. The van der Waals surface area contributed by atoms with Gasteiger partial charge in [0.15, 0.2) is 5.82 Å². The van der Waals surface area contributed by atoms with E-state index in [2.05, 4.69) is 20.6 Å². The summed E-state index contributed by atoms with van der Waals surface area (Å²) in [5.41, 5.74) is 8.37. The van der Waals surface area contributed by atoms with Gasteiger partial charge in [-0.15, -0.1) is 0 Å². The summed E-state index contributed by atoms with van der Waals surface area (Å²) in [5.74, 6) is -2.52. The lowest BCUT2D eigenvalue weighted by Gasteiger charge is -2.49. The van der Waals surface area contributed by atoms with Crippen LogP contribution in [0.3, 0.4) is 0 Å². The number of hydrogen-bond donors (Lipinski definition) is 3. The zero-order chi connectivity index (χ0) is 25.9. The van der Waals surface area contributed by atoms with E-state index in [0.717, 1.165) is 5.56 Å². The molecular weight excluding hydrogens is 489 g/mol. The number of nitrogens with two attached hydrogens (primary N) is 1. The summed E-state index contributed by atoms with van der Waals surface area (Å²) in [6.45, 7) is 2.49. The van der Waals surface area contributed by atoms with E-state index < -0.39 is 17.8 Å². The Morgan fingerprint density at radius 1 is 1.24 bits per heavy atom. The number of aromatic nitrogens is 2. The van der Waals surface area contributed by atoms with Crippen LogP contribution < -0.4 is 21.1 Å². The maximum absolute atomic E-state index is 15.3. The number of halogens is 3. The number of hydrogen-bond acceptors (Lipinski definition) is 8. The lowest BCUT2D eigenvalue weighted by Crippen LogP contribution is -2.63. The topological polar surface area (TPSA) is 115 Å². The van der Waals surface area contributed by atoms with Crippen molar-refractivity contribution in [2.75, 3.05) is 42.6 Å². The van der Waals surface area contributed by atoms with Crippen molar-refractivity contribution in [3.8, 4) is 17.0 Å². The van der Waals surface area contributed by atoms with Crippen LogP contribution in [0.15, 0.2) is 24.5 Å². The molecule has 6 rings (SSSR count). The van der Waals surface area contributed by atoms with Gasteiger partial charge in [-0.3, -0.25) is 10.2 Å². The van der Waals surface area contributed by atoms with Gasteiger partial charge < -0.3 is 20.5 Å². The molecule has 4 heterocycles. The maximum Gasteiger partial charge on any atom is 0.413 e. The number of ether oxygens (including phenoxy) is 2. The molecule has 0 spiro atoms. The molecule has 0 unspecified atom stereocenters. The van der Waals surface area contributed by atoms with Crippen molar-refractivity contribution < 1.29 is 27.4 Å². The summed E-state index contributed by atoms with van der Waals surface area (Å²) in [6, 6.07) is 3.24. The smallest absolute Gasteiger partial charge is 0.413 e. The third kappa shape index (κ3) is 4.24. The van der Waals surface area contributed by atoms with Gasteiger partial charge in [0.25, 0.3) is 5.92 Å². The number of pyridine rings is 2. The molecule has 3 aromatic rings. The third-order valence-corrected chi connectivity index (χ3v) is 7.19. The molecule has 2 aliphatic heterocycles. The van der Waals surface area contributed by atoms with Crippen LogP contribution in [-0.2, 0) is 4.74 Å². The van der Waals surface area contributed by atoms with Gasteiger partial charge in [0.1, 0.15) is 24.2 Å². The van der Waals surface area contributed by atoms with E-state index in [-0.39, 0.29) is 42.3 Å². The van der Waals surface area contributed by atoms with Crippen LogP contribution in [0, 0.1) is 12.7 Å². The number of alkyl halides is 2. The van der Waals surface area contributed by atoms with E-state index >= 15 is 4.39 Å². The molecule has 1 aromatic carbocycles. The molecule has 1 amide bonds. The Morgan fingerprint density at radius 2 is 2.03 bits per heavy atom. The molecule has 12 heteroatoms. The fraction of sp³-hybridized carbons (Fsp3) is 0.400. The van der Waals surface area contributed by atoms with E-state index in [0.29, 0.717) is 53.9 Å². The number of nitrogen functional groups attached to an aromatic ring is 1. The molecule has 0 radical (unpaired) electrons. The first-order chi connectivity index (χ1) is 17.7. The Labute approximate surface area is 210 Å². The van der Waals surface area contributed by atoms with Gasteiger partial charge >= 0.3 is 6.09 Å². The molecule has 1 saturated heterocycles. The van der Waals surface area contributed by atoms with Crippen molar-refractivity contribution in [1.82, 2.24) is 14.9 Å². The number of nitrogens with one attached hydrogen (secondary N) is 2. The molecule has 194 valence electrons. The summed E-state index contributed by atoms with van der Waals surface area (Å²) in [6.07, 6.45) is 2.94. The van der Waals surface area contributed by atoms with Gasteiger partial charge in [-0.05, 0) is 30.0 Å². The SMILES string of the molecule is Cc1c(-c2cc3cc(NC(=O)O[C@H]4C[C@@H](N5CC(F)(F)C5)C4)ncc3c(N)c2F)cnc2c1NCCO2. The maximum atomic E-state index is 15.3. The van der Waals surface area contributed by atoms with Crippen LogP contribution in [0.2, 0.25) is 0 Å². The van der Waals surface area contributed by atoms with Crippen molar-refractivity contribution in [2.45, 2.75) is 37.8 Å². The Hall–Kier alpha value is -3.80. The lowest BCUT2D eigenvalue weighted by atomic mass is 9.85. The Bertz CT molecular complexity index is 1400. The summed E-state index contributed by atoms with van der Waals surface area (Å²) >= 11 is 0. The first-order valence-electron chi connectivity index (χ1n) is 12.0. The molecule has 1 saturated carbocycles. The lowest BCUT2D eigenvalue weighted by molar-refractivity contribution is -0.167. The van der Waals surface area contributed by atoms with E-state index in [9.17, 15) is 13.6 Å². The molecule has 2 fully saturated rings. The predicted molar refractivity (Wildman–Crippen MR) is 131 cm³/mol. The van der Waals surface area contributed by atoms with Gasteiger partial charge in [-0.2, -0.15) is 0 Å². The van der Waals surface area contributed by atoms with Gasteiger partial charge in [0.05, 0.1) is 18.8 Å². The fourth-order valence-corrected chi connectivity index (χ4v) is 5.08. The second-order valence-electron chi connectivity index (χ2n) is 9.73. The highest BCUT2D eigenvalue weighted by Gasteiger charge is 2.50. The number of carbonyl (C=O) groups is 1. The van der Waals surface area contributed by atoms with Crippen LogP contribution in [-0.4, -0.2) is 65.3 Å². The highest BCUT2D eigenvalue weighted by molar-refractivity contribution is 5.99. The minimum Gasteiger partial charge on any atom is -0.474 e. The number of carbonyl (C=O) groups excluding carboxylic acids is 1.